The fourth-order valence-electron chi connectivity index (χ4n) is 5.04. The van der Waals surface area contributed by atoms with E-state index in [0.717, 1.165) is 23.8 Å². The Hall–Kier alpha value is -5.04. The average Bonchev–Trinajstić information content (AvgIpc) is 3.09. The molecule has 0 aliphatic carbocycles. The highest BCUT2D eigenvalue weighted by atomic mass is 35.5. The number of aromatic nitrogens is 2. The van der Waals surface area contributed by atoms with Crippen LogP contribution in [0.4, 0.5) is 20.3 Å². The molecule has 0 unspecified atom stereocenters. The summed E-state index contributed by atoms with van der Waals surface area (Å²) in [6.45, 7) is 11.4. The molecule has 0 aliphatic rings. The predicted molar refractivity (Wildman–Crippen MR) is 208 cm³/mol. The Labute approximate surface area is 322 Å². The highest BCUT2D eigenvalue weighted by Crippen LogP contribution is 2.55. The molecule has 3 aromatic carbocycles. The fraction of sp³-hybridized carbons (Fsp3) is 0.250. The van der Waals surface area contributed by atoms with Crippen LogP contribution >= 0.6 is 19.4 Å². The molecule has 0 radical (unpaired) electrons. The molecule has 0 spiro atoms. The molecule has 1 amide bonds. The van der Waals surface area contributed by atoms with Gasteiger partial charge in [0, 0.05) is 47.7 Å². The number of hydrogen-bond donors (Lipinski definition) is 1. The van der Waals surface area contributed by atoms with Crippen molar-refractivity contribution in [3.8, 4) is 22.6 Å². The molecule has 5 aromatic rings. The zero-order valence-corrected chi connectivity index (χ0v) is 32.9. The quantitative estimate of drug-likeness (QED) is 0.0976. The summed E-state index contributed by atoms with van der Waals surface area (Å²) in [6.07, 6.45) is 3.97. The van der Waals surface area contributed by atoms with Crippen LogP contribution in [0.3, 0.4) is 0 Å². The first-order valence-corrected chi connectivity index (χ1v) is 18.8. The number of amides is 1. The van der Waals surface area contributed by atoms with Gasteiger partial charge in [0.05, 0.1) is 11.2 Å². The molecule has 55 heavy (non-hydrogen) atoms. The SMILES string of the molecule is CC(=Nc1nccc(Oc2ccc(NC(=O)c3cn(COP(=O)(OC(C)(C)C)OC(C)(C)C)cc(-c4ccc(F)cc4)c3=O)cc2F)c1Cl)c1ccccc1. The molecule has 11 nitrogen and oxygen atoms in total. The van der Waals surface area contributed by atoms with Crippen LogP contribution in [0.1, 0.15) is 64.4 Å². The number of nitrogens with one attached hydrogen (secondary N) is 1. The topological polar surface area (TPSA) is 130 Å². The largest absolute Gasteiger partial charge is 0.477 e. The van der Waals surface area contributed by atoms with Crippen LogP contribution in [0.5, 0.6) is 11.5 Å². The minimum Gasteiger partial charge on any atom is -0.453 e. The summed E-state index contributed by atoms with van der Waals surface area (Å²) < 4.78 is 67.1. The first kappa shape index (κ1) is 41.1. The molecule has 15 heteroatoms. The van der Waals surface area contributed by atoms with Gasteiger partial charge in [0.1, 0.15) is 23.1 Å². The van der Waals surface area contributed by atoms with Gasteiger partial charge in [-0.05, 0) is 83.9 Å². The zero-order chi connectivity index (χ0) is 40.1. The third-order valence-electron chi connectivity index (χ3n) is 7.33. The molecule has 288 valence electrons. The number of phosphoric ester groups is 1. The Kier molecular flexibility index (Phi) is 12.5. The third kappa shape index (κ3) is 11.3. The number of hydrogen-bond acceptors (Lipinski definition) is 9. The standard InChI is InChI=1S/C40H40ClF2N4O7P/c1-25(26-11-9-8-10-12-26)45-37-35(41)34(19-20-44-37)52-33-18-17-29(21-32(33)43)46-38(49)31-23-47(22-30(36(31)48)27-13-15-28(42)16-14-27)24-51-55(50,53-39(2,3)4)54-40(5,6)7/h8-23H,24H2,1-7H3,(H,46,49). The van der Waals surface area contributed by atoms with E-state index in [2.05, 4.69) is 15.3 Å². The number of benzene rings is 3. The lowest BCUT2D eigenvalue weighted by Crippen LogP contribution is -2.26. The lowest BCUT2D eigenvalue weighted by atomic mass is 10.0. The Balaban J connectivity index is 1.41. The van der Waals surface area contributed by atoms with Crippen molar-refractivity contribution in [2.75, 3.05) is 5.32 Å². The van der Waals surface area contributed by atoms with Crippen LogP contribution in [-0.2, 0) is 24.9 Å². The van der Waals surface area contributed by atoms with E-state index in [1.54, 1.807) is 48.5 Å². The van der Waals surface area contributed by atoms with Gasteiger partial charge in [-0.15, -0.1) is 0 Å². The Morgan fingerprint density at radius 3 is 2.18 bits per heavy atom. The van der Waals surface area contributed by atoms with Crippen molar-refractivity contribution in [2.24, 2.45) is 4.99 Å². The van der Waals surface area contributed by atoms with Crippen molar-refractivity contribution in [1.29, 1.82) is 0 Å². The predicted octanol–water partition coefficient (Wildman–Crippen LogP) is 10.7. The number of anilines is 1. The average molecular weight is 793 g/mol. The van der Waals surface area contributed by atoms with Crippen molar-refractivity contribution < 1.29 is 36.4 Å². The molecular weight excluding hydrogens is 753 g/mol. The van der Waals surface area contributed by atoms with Crippen molar-refractivity contribution in [3.63, 3.8) is 0 Å². The van der Waals surface area contributed by atoms with Gasteiger partial charge in [0.15, 0.2) is 23.1 Å². The first-order valence-electron chi connectivity index (χ1n) is 17.0. The van der Waals surface area contributed by atoms with Crippen LogP contribution in [0.15, 0.2) is 107 Å². The molecule has 2 aromatic heterocycles. The minimum absolute atomic E-state index is 0.00418. The van der Waals surface area contributed by atoms with Crippen LogP contribution in [0.2, 0.25) is 5.02 Å². The normalized spacial score (nSPS) is 12.4. The molecule has 1 N–H and O–H groups in total. The summed E-state index contributed by atoms with van der Waals surface area (Å²) in [6, 6.07) is 19.6. The molecule has 0 atom stereocenters. The monoisotopic (exact) mass is 792 g/mol. The number of nitrogens with zero attached hydrogens (tertiary/aromatic N) is 3. The number of phosphoric acid groups is 1. The smallest absolute Gasteiger partial charge is 0.453 e. The molecule has 2 heterocycles. The van der Waals surface area contributed by atoms with E-state index in [9.17, 15) is 18.5 Å². The molecule has 0 aliphatic heterocycles. The van der Waals surface area contributed by atoms with Crippen molar-refractivity contribution in [1.82, 2.24) is 9.55 Å². The van der Waals surface area contributed by atoms with E-state index in [0.29, 0.717) is 11.3 Å². The molecule has 5 rings (SSSR count). The highest BCUT2D eigenvalue weighted by molar-refractivity contribution is 7.48. The molecule has 0 saturated heterocycles. The number of aliphatic imine (C=N–C) groups is 1. The second kappa shape index (κ2) is 16.8. The van der Waals surface area contributed by atoms with Gasteiger partial charge < -0.3 is 14.6 Å². The maximum absolute atomic E-state index is 15.4. The van der Waals surface area contributed by atoms with Gasteiger partial charge in [-0.3, -0.25) is 23.2 Å². The van der Waals surface area contributed by atoms with E-state index in [1.165, 1.54) is 53.5 Å². The van der Waals surface area contributed by atoms with Crippen molar-refractivity contribution in [2.45, 2.75) is 66.4 Å². The maximum Gasteiger partial charge on any atom is 0.477 e. The van der Waals surface area contributed by atoms with Crippen LogP contribution < -0.4 is 15.5 Å². The van der Waals surface area contributed by atoms with Gasteiger partial charge >= 0.3 is 7.82 Å². The van der Waals surface area contributed by atoms with Gasteiger partial charge in [-0.1, -0.05) is 54.1 Å². The number of halogens is 3. The van der Waals surface area contributed by atoms with Crippen molar-refractivity contribution >= 4 is 42.5 Å². The molecule has 0 bridgehead atoms. The lowest BCUT2D eigenvalue weighted by Gasteiger charge is -2.31. The minimum atomic E-state index is -4.21. The summed E-state index contributed by atoms with van der Waals surface area (Å²) in [5, 5.41) is 2.59. The summed E-state index contributed by atoms with van der Waals surface area (Å²) in [7, 11) is -4.21. The number of carbonyl (C=O) groups excluding carboxylic acids is 1. The van der Waals surface area contributed by atoms with E-state index < -0.39 is 48.7 Å². The molecule has 0 saturated carbocycles. The second-order valence-electron chi connectivity index (χ2n) is 14.3. The summed E-state index contributed by atoms with van der Waals surface area (Å²) in [5.74, 6) is -2.22. The summed E-state index contributed by atoms with van der Waals surface area (Å²) in [4.78, 5) is 36.1. The Bertz CT molecular complexity index is 2300. The van der Waals surface area contributed by atoms with E-state index in [1.807, 2.05) is 30.3 Å². The van der Waals surface area contributed by atoms with Crippen LogP contribution in [0, 0.1) is 11.6 Å². The van der Waals surface area contributed by atoms with E-state index in [4.69, 9.17) is 29.9 Å². The number of pyridine rings is 2. The van der Waals surface area contributed by atoms with Gasteiger partial charge in [0.25, 0.3) is 5.91 Å². The summed E-state index contributed by atoms with van der Waals surface area (Å²) in [5.41, 5.74) is -1.12. The van der Waals surface area contributed by atoms with Crippen molar-refractivity contribution in [3.05, 3.63) is 135 Å². The first-order chi connectivity index (χ1) is 25.8. The Morgan fingerprint density at radius 2 is 1.56 bits per heavy atom. The van der Waals surface area contributed by atoms with E-state index >= 15 is 4.39 Å². The van der Waals surface area contributed by atoms with Crippen LogP contribution in [-0.4, -0.2) is 32.4 Å². The molecule has 0 fully saturated rings. The van der Waals surface area contributed by atoms with Gasteiger partial charge in [-0.2, -0.15) is 0 Å². The van der Waals surface area contributed by atoms with E-state index in [-0.39, 0.29) is 39.2 Å². The lowest BCUT2D eigenvalue weighted by molar-refractivity contribution is -0.00619. The second-order valence-corrected chi connectivity index (χ2v) is 16.2. The highest BCUT2D eigenvalue weighted by Gasteiger charge is 2.37. The Morgan fingerprint density at radius 1 is 0.909 bits per heavy atom. The molecular formula is C40H40ClF2N4O7P. The maximum atomic E-state index is 15.4. The zero-order valence-electron chi connectivity index (χ0n) is 31.2. The third-order valence-corrected chi connectivity index (χ3v) is 9.66. The van der Waals surface area contributed by atoms with Crippen LogP contribution in [0.25, 0.3) is 11.1 Å². The van der Waals surface area contributed by atoms with Gasteiger partial charge in [-0.25, -0.2) is 23.3 Å². The fourth-order valence-corrected chi connectivity index (χ4v) is 6.99. The number of ether oxygens (including phenoxy) is 1. The number of rotatable bonds is 12. The summed E-state index contributed by atoms with van der Waals surface area (Å²) >= 11 is 6.54. The number of carbonyl (C=O) groups is 1. The van der Waals surface area contributed by atoms with Gasteiger partial charge in [0.2, 0.25) is 5.43 Å².